The van der Waals surface area contributed by atoms with E-state index in [1.807, 2.05) is 50.2 Å². The summed E-state index contributed by atoms with van der Waals surface area (Å²) in [7, 11) is 1.61. The third-order valence-corrected chi connectivity index (χ3v) is 5.72. The first kappa shape index (κ1) is 22.3. The Morgan fingerprint density at radius 2 is 2.03 bits per heavy atom. The Morgan fingerprint density at radius 3 is 2.73 bits per heavy atom. The molecular weight excluding hydrogens is 418 g/mol. The number of anilines is 2. The van der Waals surface area contributed by atoms with Crippen LogP contribution in [-0.4, -0.2) is 35.4 Å². The van der Waals surface area contributed by atoms with E-state index >= 15 is 0 Å². The molecule has 0 saturated carbocycles. The van der Waals surface area contributed by atoms with E-state index in [0.717, 1.165) is 22.6 Å². The zero-order valence-electron chi connectivity index (χ0n) is 19.0. The van der Waals surface area contributed by atoms with Gasteiger partial charge < -0.3 is 20.3 Å². The predicted octanol–water partition coefficient (Wildman–Crippen LogP) is 3.63. The molecule has 170 valence electrons. The number of aryl methyl sites for hydroxylation is 1. The van der Waals surface area contributed by atoms with Crippen molar-refractivity contribution in [3.8, 4) is 5.75 Å². The molecule has 33 heavy (non-hydrogen) atoms. The van der Waals surface area contributed by atoms with E-state index in [2.05, 4.69) is 20.6 Å². The topological polar surface area (TPSA) is 96.5 Å². The van der Waals surface area contributed by atoms with Gasteiger partial charge in [0.1, 0.15) is 5.75 Å². The Kier molecular flexibility index (Phi) is 6.53. The van der Waals surface area contributed by atoms with Crippen LogP contribution in [0.4, 0.5) is 11.5 Å². The van der Waals surface area contributed by atoms with E-state index in [4.69, 9.17) is 4.74 Å². The number of methoxy groups -OCH3 is 1. The summed E-state index contributed by atoms with van der Waals surface area (Å²) >= 11 is 0. The second-order valence-electron chi connectivity index (χ2n) is 7.91. The molecule has 2 aromatic heterocycles. The zero-order chi connectivity index (χ0) is 23.4. The van der Waals surface area contributed by atoms with Crippen molar-refractivity contribution < 1.29 is 14.3 Å². The van der Waals surface area contributed by atoms with Crippen molar-refractivity contribution in [2.24, 2.45) is 0 Å². The molecule has 0 aliphatic carbocycles. The molecule has 1 aliphatic rings. The molecule has 8 heteroatoms. The molecule has 3 aromatic rings. The minimum absolute atomic E-state index is 0.0896. The van der Waals surface area contributed by atoms with Gasteiger partial charge in [0.25, 0.3) is 5.91 Å². The molecule has 0 saturated heterocycles. The number of amides is 2. The molecule has 4 rings (SSSR count). The van der Waals surface area contributed by atoms with Gasteiger partial charge in [-0.1, -0.05) is 25.1 Å². The second kappa shape index (κ2) is 9.68. The summed E-state index contributed by atoms with van der Waals surface area (Å²) < 4.78 is 5.21. The zero-order valence-corrected chi connectivity index (χ0v) is 19.0. The van der Waals surface area contributed by atoms with Crippen LogP contribution in [0.15, 0.2) is 54.9 Å². The number of aromatic nitrogens is 2. The van der Waals surface area contributed by atoms with Crippen LogP contribution in [0.25, 0.3) is 0 Å². The van der Waals surface area contributed by atoms with Crippen molar-refractivity contribution in [2.75, 3.05) is 23.9 Å². The van der Waals surface area contributed by atoms with E-state index in [1.165, 1.54) is 6.20 Å². The SMILES string of the molecule is CCC(NC(=O)c1cnc2c(c1)N(Cc1ccc(OC)cc1)C(=O)CN2)c1ncccc1C. The van der Waals surface area contributed by atoms with Gasteiger partial charge in [0, 0.05) is 12.4 Å². The molecule has 0 fully saturated rings. The maximum Gasteiger partial charge on any atom is 0.253 e. The van der Waals surface area contributed by atoms with Crippen LogP contribution < -0.4 is 20.3 Å². The van der Waals surface area contributed by atoms with E-state index in [9.17, 15) is 9.59 Å². The van der Waals surface area contributed by atoms with Crippen LogP contribution in [0.1, 0.15) is 46.6 Å². The number of ether oxygens (including phenoxy) is 1. The van der Waals surface area contributed by atoms with Gasteiger partial charge in [0.05, 0.1) is 43.2 Å². The maximum absolute atomic E-state index is 13.1. The Labute approximate surface area is 193 Å². The third kappa shape index (κ3) is 4.79. The summed E-state index contributed by atoms with van der Waals surface area (Å²) in [5, 5.41) is 6.09. The summed E-state index contributed by atoms with van der Waals surface area (Å²) in [6.07, 6.45) is 3.96. The lowest BCUT2D eigenvalue weighted by Crippen LogP contribution is -2.40. The Bertz CT molecular complexity index is 1160. The van der Waals surface area contributed by atoms with Crippen molar-refractivity contribution in [2.45, 2.75) is 32.9 Å². The molecule has 0 radical (unpaired) electrons. The van der Waals surface area contributed by atoms with E-state index in [1.54, 1.807) is 24.3 Å². The largest absolute Gasteiger partial charge is 0.497 e. The van der Waals surface area contributed by atoms with Gasteiger partial charge >= 0.3 is 0 Å². The fourth-order valence-electron chi connectivity index (χ4n) is 3.86. The highest BCUT2D eigenvalue weighted by Crippen LogP contribution is 2.30. The summed E-state index contributed by atoms with van der Waals surface area (Å²) in [4.78, 5) is 36.3. The number of nitrogens with one attached hydrogen (secondary N) is 2. The van der Waals surface area contributed by atoms with Gasteiger partial charge in [-0.2, -0.15) is 0 Å². The van der Waals surface area contributed by atoms with Crippen LogP contribution in [0, 0.1) is 6.92 Å². The molecule has 3 heterocycles. The Balaban J connectivity index is 1.58. The van der Waals surface area contributed by atoms with Crippen molar-refractivity contribution in [1.82, 2.24) is 15.3 Å². The van der Waals surface area contributed by atoms with Crippen LogP contribution in [0.2, 0.25) is 0 Å². The average Bonchev–Trinajstić information content (AvgIpc) is 2.84. The Morgan fingerprint density at radius 1 is 1.24 bits per heavy atom. The van der Waals surface area contributed by atoms with Gasteiger partial charge in [-0.25, -0.2) is 4.98 Å². The molecule has 1 aliphatic heterocycles. The highest BCUT2D eigenvalue weighted by Gasteiger charge is 2.27. The summed E-state index contributed by atoms with van der Waals surface area (Å²) in [5.41, 5.74) is 3.78. The number of fused-ring (bicyclic) bond motifs is 1. The lowest BCUT2D eigenvalue weighted by molar-refractivity contribution is -0.117. The molecule has 1 unspecified atom stereocenters. The lowest BCUT2D eigenvalue weighted by atomic mass is 10.1. The molecule has 2 N–H and O–H groups in total. The summed E-state index contributed by atoms with van der Waals surface area (Å²) in [6.45, 7) is 4.50. The molecular formula is C25H27N5O3. The maximum atomic E-state index is 13.1. The average molecular weight is 446 g/mol. The number of hydrogen-bond acceptors (Lipinski definition) is 6. The number of carbonyl (C=O) groups is 2. The number of benzene rings is 1. The van der Waals surface area contributed by atoms with E-state index < -0.39 is 0 Å². The molecule has 1 atom stereocenters. The first-order chi connectivity index (χ1) is 16.0. The predicted molar refractivity (Wildman–Crippen MR) is 126 cm³/mol. The monoisotopic (exact) mass is 445 g/mol. The van der Waals surface area contributed by atoms with Crippen molar-refractivity contribution in [3.05, 3.63) is 77.2 Å². The highest BCUT2D eigenvalue weighted by molar-refractivity contribution is 6.04. The fourth-order valence-corrected chi connectivity index (χ4v) is 3.86. The first-order valence-electron chi connectivity index (χ1n) is 10.9. The fraction of sp³-hybridized carbons (Fsp3) is 0.280. The highest BCUT2D eigenvalue weighted by atomic mass is 16.5. The number of pyridine rings is 2. The van der Waals surface area contributed by atoms with Crippen molar-refractivity contribution >= 4 is 23.3 Å². The number of rotatable bonds is 7. The lowest BCUT2D eigenvalue weighted by Gasteiger charge is -2.30. The summed E-state index contributed by atoms with van der Waals surface area (Å²) in [6, 6.07) is 12.9. The number of carbonyl (C=O) groups excluding carboxylic acids is 2. The first-order valence-corrected chi connectivity index (χ1v) is 10.9. The van der Waals surface area contributed by atoms with E-state index in [-0.39, 0.29) is 24.4 Å². The van der Waals surface area contributed by atoms with Crippen LogP contribution >= 0.6 is 0 Å². The van der Waals surface area contributed by atoms with Crippen LogP contribution in [-0.2, 0) is 11.3 Å². The van der Waals surface area contributed by atoms with Gasteiger partial charge in [-0.05, 0) is 48.7 Å². The van der Waals surface area contributed by atoms with Gasteiger partial charge in [-0.3, -0.25) is 14.6 Å². The molecule has 0 spiro atoms. The van der Waals surface area contributed by atoms with E-state index in [0.29, 0.717) is 30.0 Å². The molecule has 2 amide bonds. The number of nitrogens with zero attached hydrogens (tertiary/aromatic N) is 3. The van der Waals surface area contributed by atoms with Crippen LogP contribution in [0.3, 0.4) is 0 Å². The minimum Gasteiger partial charge on any atom is -0.497 e. The smallest absolute Gasteiger partial charge is 0.253 e. The quantitative estimate of drug-likeness (QED) is 0.577. The minimum atomic E-state index is -0.260. The third-order valence-electron chi connectivity index (χ3n) is 5.72. The summed E-state index contributed by atoms with van der Waals surface area (Å²) in [5.74, 6) is 0.977. The normalized spacial score (nSPS) is 13.7. The van der Waals surface area contributed by atoms with Gasteiger partial charge in [0.15, 0.2) is 5.82 Å². The van der Waals surface area contributed by atoms with Gasteiger partial charge in [0.2, 0.25) is 5.91 Å². The van der Waals surface area contributed by atoms with Crippen molar-refractivity contribution in [1.29, 1.82) is 0 Å². The Hall–Kier alpha value is -3.94. The van der Waals surface area contributed by atoms with Crippen molar-refractivity contribution in [3.63, 3.8) is 0 Å². The molecule has 8 nitrogen and oxygen atoms in total. The van der Waals surface area contributed by atoms with Gasteiger partial charge in [-0.15, -0.1) is 0 Å². The van der Waals surface area contributed by atoms with Crippen LogP contribution in [0.5, 0.6) is 5.75 Å². The standard InChI is InChI=1S/C25H27N5O3/c1-4-20(23-16(2)6-5-11-26-23)29-25(32)18-12-21-24(27-13-18)28-14-22(31)30(21)15-17-7-9-19(33-3)10-8-17/h5-13,20H,4,14-15H2,1-3H3,(H,27,28)(H,29,32). The number of hydrogen-bond donors (Lipinski definition) is 2. The molecule has 1 aromatic carbocycles. The second-order valence-corrected chi connectivity index (χ2v) is 7.91. The molecule has 0 bridgehead atoms.